The summed E-state index contributed by atoms with van der Waals surface area (Å²) in [6.45, 7) is 10.6. The molecular formula is C9H17ClO. The molecule has 0 radical (unpaired) electrons. The van der Waals surface area contributed by atoms with Gasteiger partial charge in [0.15, 0.2) is 5.06 Å². The molecule has 11 heavy (non-hydrogen) atoms. The van der Waals surface area contributed by atoms with Crippen molar-refractivity contribution < 1.29 is 4.74 Å². The molecule has 0 aliphatic carbocycles. The van der Waals surface area contributed by atoms with E-state index in [4.69, 9.17) is 16.3 Å². The molecule has 1 rings (SSSR count). The van der Waals surface area contributed by atoms with Crippen LogP contribution in [0, 0.1) is 11.3 Å². The van der Waals surface area contributed by atoms with Crippen LogP contribution in [-0.2, 0) is 4.74 Å². The highest BCUT2D eigenvalue weighted by atomic mass is 35.5. The Morgan fingerprint density at radius 1 is 1.36 bits per heavy atom. The summed E-state index contributed by atoms with van der Waals surface area (Å²) in [6, 6.07) is 0. The fourth-order valence-electron chi connectivity index (χ4n) is 1.32. The first-order valence-corrected chi connectivity index (χ1v) is 4.53. The zero-order chi connectivity index (χ0) is 8.86. The molecule has 1 aliphatic rings. The molecule has 2 unspecified atom stereocenters. The zero-order valence-corrected chi connectivity index (χ0v) is 8.70. The molecule has 0 aromatic rings. The van der Waals surface area contributed by atoms with E-state index >= 15 is 0 Å². The van der Waals surface area contributed by atoms with E-state index in [1.54, 1.807) is 0 Å². The van der Waals surface area contributed by atoms with E-state index in [2.05, 4.69) is 34.6 Å². The van der Waals surface area contributed by atoms with Gasteiger partial charge in [-0.2, -0.15) is 0 Å². The summed E-state index contributed by atoms with van der Waals surface area (Å²) in [5.41, 5.74) is 0.0451. The summed E-state index contributed by atoms with van der Waals surface area (Å²) in [5, 5.41) is -0.402. The monoisotopic (exact) mass is 176 g/mol. The van der Waals surface area contributed by atoms with E-state index < -0.39 is 5.06 Å². The van der Waals surface area contributed by atoms with Gasteiger partial charge in [0.05, 0.1) is 0 Å². The van der Waals surface area contributed by atoms with Crippen LogP contribution < -0.4 is 0 Å². The first kappa shape index (κ1) is 9.34. The maximum absolute atomic E-state index is 6.26. The minimum absolute atomic E-state index is 0.0451. The average Bonchev–Trinajstić information content (AvgIpc) is 2.40. The second-order valence-corrected chi connectivity index (χ2v) is 5.24. The fourth-order valence-corrected chi connectivity index (χ4v) is 1.67. The number of halogens is 1. The third-order valence-electron chi connectivity index (χ3n) is 2.24. The summed E-state index contributed by atoms with van der Waals surface area (Å²) >= 11 is 6.26. The van der Waals surface area contributed by atoms with Gasteiger partial charge in [-0.05, 0) is 5.92 Å². The largest absolute Gasteiger partial charge is 0.349 e. The van der Waals surface area contributed by atoms with E-state index in [1.165, 1.54) is 0 Å². The quantitative estimate of drug-likeness (QED) is 0.442. The van der Waals surface area contributed by atoms with E-state index in [0.717, 1.165) is 0 Å². The van der Waals surface area contributed by atoms with Gasteiger partial charge in [0.1, 0.15) is 6.10 Å². The fraction of sp³-hybridized carbons (Fsp3) is 1.00. The molecule has 0 spiro atoms. The molecule has 1 heterocycles. The van der Waals surface area contributed by atoms with E-state index in [1.807, 2.05) is 0 Å². The highest BCUT2D eigenvalue weighted by Crippen LogP contribution is 2.55. The molecular weight excluding hydrogens is 160 g/mol. The predicted octanol–water partition coefficient (Wildman–Crippen LogP) is 3.02. The van der Waals surface area contributed by atoms with Gasteiger partial charge in [0.25, 0.3) is 0 Å². The number of hydrogen-bond donors (Lipinski definition) is 0. The van der Waals surface area contributed by atoms with E-state index in [0.29, 0.717) is 5.92 Å². The van der Waals surface area contributed by atoms with Crippen LogP contribution in [0.2, 0.25) is 0 Å². The van der Waals surface area contributed by atoms with Crippen LogP contribution in [-0.4, -0.2) is 11.2 Å². The van der Waals surface area contributed by atoms with Gasteiger partial charge in [-0.15, -0.1) is 0 Å². The highest BCUT2D eigenvalue weighted by molar-refractivity contribution is 6.25. The van der Waals surface area contributed by atoms with E-state index in [-0.39, 0.29) is 11.5 Å². The van der Waals surface area contributed by atoms with Gasteiger partial charge in [0, 0.05) is 5.41 Å². The molecule has 1 aliphatic heterocycles. The molecule has 1 nitrogen and oxygen atoms in total. The van der Waals surface area contributed by atoms with Crippen molar-refractivity contribution in [3.8, 4) is 0 Å². The number of rotatable bonds is 1. The number of hydrogen-bond acceptors (Lipinski definition) is 1. The molecule has 0 aromatic carbocycles. The lowest BCUT2D eigenvalue weighted by molar-refractivity contribution is 0.225. The molecule has 0 aromatic heterocycles. The van der Waals surface area contributed by atoms with Gasteiger partial charge in [0.2, 0.25) is 0 Å². The van der Waals surface area contributed by atoms with Gasteiger partial charge in [-0.1, -0.05) is 46.2 Å². The van der Waals surface area contributed by atoms with Crippen molar-refractivity contribution in [3.05, 3.63) is 0 Å². The van der Waals surface area contributed by atoms with Crippen LogP contribution >= 0.6 is 11.6 Å². The van der Waals surface area contributed by atoms with Crippen LogP contribution in [0.1, 0.15) is 34.6 Å². The van der Waals surface area contributed by atoms with Crippen LogP contribution in [0.15, 0.2) is 0 Å². The topological polar surface area (TPSA) is 12.5 Å². The molecule has 0 bridgehead atoms. The first-order valence-electron chi connectivity index (χ1n) is 4.16. The third-order valence-corrected chi connectivity index (χ3v) is 3.11. The predicted molar refractivity (Wildman–Crippen MR) is 47.8 cm³/mol. The summed E-state index contributed by atoms with van der Waals surface area (Å²) in [5.74, 6) is 0.520. The lowest BCUT2D eigenvalue weighted by Crippen LogP contribution is -2.28. The number of ether oxygens (including phenoxy) is 1. The Balaban J connectivity index is 2.63. The molecule has 0 amide bonds. The molecule has 1 fully saturated rings. The van der Waals surface area contributed by atoms with Gasteiger partial charge in [-0.25, -0.2) is 0 Å². The third kappa shape index (κ3) is 1.41. The van der Waals surface area contributed by atoms with Crippen molar-refractivity contribution in [3.63, 3.8) is 0 Å². The number of alkyl halides is 1. The van der Waals surface area contributed by atoms with Crippen LogP contribution in [0.3, 0.4) is 0 Å². The van der Waals surface area contributed by atoms with Gasteiger partial charge < -0.3 is 4.74 Å². The van der Waals surface area contributed by atoms with Crippen molar-refractivity contribution >= 4 is 11.6 Å². The maximum atomic E-state index is 6.26. The Hall–Kier alpha value is 0.250. The molecule has 66 valence electrons. The van der Waals surface area contributed by atoms with E-state index in [9.17, 15) is 0 Å². The smallest absolute Gasteiger partial charge is 0.173 e. The lowest BCUT2D eigenvalue weighted by atomic mass is 9.87. The van der Waals surface area contributed by atoms with Crippen molar-refractivity contribution in [1.29, 1.82) is 0 Å². The van der Waals surface area contributed by atoms with Crippen LogP contribution in [0.25, 0.3) is 0 Å². The van der Waals surface area contributed by atoms with Gasteiger partial charge >= 0.3 is 0 Å². The Labute approximate surface area is 74.1 Å². The van der Waals surface area contributed by atoms with Crippen molar-refractivity contribution in [2.45, 2.75) is 45.8 Å². The Kier molecular flexibility index (Phi) is 2.01. The van der Waals surface area contributed by atoms with Crippen LogP contribution in [0.5, 0.6) is 0 Å². The molecule has 2 heteroatoms. The summed E-state index contributed by atoms with van der Waals surface area (Å²) in [6.07, 6.45) is 0.240. The number of epoxide rings is 1. The lowest BCUT2D eigenvalue weighted by Gasteiger charge is -2.22. The second-order valence-electron chi connectivity index (χ2n) is 4.68. The second kappa shape index (κ2) is 2.37. The van der Waals surface area contributed by atoms with Crippen molar-refractivity contribution in [2.24, 2.45) is 11.3 Å². The zero-order valence-electron chi connectivity index (χ0n) is 7.94. The summed E-state index contributed by atoms with van der Waals surface area (Å²) in [4.78, 5) is 0. The molecule has 0 N–H and O–H groups in total. The summed E-state index contributed by atoms with van der Waals surface area (Å²) in [7, 11) is 0. The minimum atomic E-state index is -0.402. The molecule has 0 saturated carbocycles. The maximum Gasteiger partial charge on any atom is 0.173 e. The molecule has 2 atom stereocenters. The standard InChI is InChI=1S/C9H17ClO/c1-6(2)7-9(10,11-7)8(3,4)5/h6-7H,1-5H3. The van der Waals surface area contributed by atoms with Crippen molar-refractivity contribution in [2.75, 3.05) is 0 Å². The first-order chi connectivity index (χ1) is 4.79. The van der Waals surface area contributed by atoms with Gasteiger partial charge in [-0.3, -0.25) is 0 Å². The Morgan fingerprint density at radius 3 is 1.91 bits per heavy atom. The molecule has 1 saturated heterocycles. The Morgan fingerprint density at radius 2 is 1.82 bits per heavy atom. The SMILES string of the molecule is CC(C)C1OC1(Cl)C(C)(C)C. The van der Waals surface area contributed by atoms with Crippen LogP contribution in [0.4, 0.5) is 0 Å². The average molecular weight is 177 g/mol. The highest BCUT2D eigenvalue weighted by Gasteiger charge is 2.63. The Bertz CT molecular complexity index is 159. The van der Waals surface area contributed by atoms with Crippen molar-refractivity contribution in [1.82, 2.24) is 0 Å². The minimum Gasteiger partial charge on any atom is -0.349 e. The summed E-state index contributed by atoms with van der Waals surface area (Å²) < 4.78 is 5.50. The normalized spacial score (nSPS) is 37.9.